The average molecular weight is 396 g/mol. The highest BCUT2D eigenvalue weighted by molar-refractivity contribution is 7.98. The number of thioether (sulfide) groups is 1. The van der Waals surface area contributed by atoms with Crippen LogP contribution in [0.1, 0.15) is 22.6 Å². The maximum Gasteiger partial charge on any atom is 0.232 e. The quantitative estimate of drug-likeness (QED) is 0.508. The Morgan fingerprint density at radius 3 is 2.00 bits per heavy atom. The van der Waals surface area contributed by atoms with Gasteiger partial charge in [0.1, 0.15) is 0 Å². The van der Waals surface area contributed by atoms with Gasteiger partial charge in [0.15, 0.2) is 0 Å². The molecule has 0 spiro atoms. The molecule has 4 heteroatoms. The molecule has 0 aliphatic carbocycles. The lowest BCUT2D eigenvalue weighted by Gasteiger charge is -2.18. The van der Waals surface area contributed by atoms with Crippen molar-refractivity contribution in [1.82, 2.24) is 5.32 Å². The minimum absolute atomic E-state index is 0.0331. The van der Waals surface area contributed by atoms with E-state index in [4.69, 9.17) is 11.6 Å². The van der Waals surface area contributed by atoms with Crippen molar-refractivity contribution in [2.45, 2.75) is 11.7 Å². The maximum absolute atomic E-state index is 12.9. The van der Waals surface area contributed by atoms with E-state index < -0.39 is 0 Å². The molecule has 0 aliphatic heterocycles. The smallest absolute Gasteiger partial charge is 0.232 e. The van der Waals surface area contributed by atoms with Crippen LogP contribution in [0, 0.1) is 0 Å². The lowest BCUT2D eigenvalue weighted by atomic mass is 9.90. The van der Waals surface area contributed by atoms with E-state index in [-0.39, 0.29) is 11.8 Å². The summed E-state index contributed by atoms with van der Waals surface area (Å²) in [6.07, 6.45) is 0. The van der Waals surface area contributed by atoms with Crippen LogP contribution in [0.15, 0.2) is 84.9 Å². The zero-order valence-electron chi connectivity index (χ0n) is 15.0. The summed E-state index contributed by atoms with van der Waals surface area (Å²) >= 11 is 7.95. The van der Waals surface area contributed by atoms with Gasteiger partial charge in [-0.15, -0.1) is 0 Å². The molecule has 138 valence electrons. The highest BCUT2D eigenvalue weighted by Crippen LogP contribution is 2.25. The molecule has 27 heavy (non-hydrogen) atoms. The number of amides is 1. The largest absolute Gasteiger partial charge is 0.354 e. The third-order valence-electron chi connectivity index (χ3n) is 4.29. The van der Waals surface area contributed by atoms with E-state index in [1.165, 1.54) is 0 Å². The maximum atomic E-state index is 12.9. The van der Waals surface area contributed by atoms with Crippen LogP contribution in [-0.4, -0.2) is 18.2 Å². The fraction of sp³-hybridized carbons (Fsp3) is 0.174. The standard InChI is InChI=1S/C23H22ClNOS/c24-21-14-8-7-13-20(21)17-27-16-15-25-23(26)22(18-9-3-1-4-10-18)19-11-5-2-6-12-19/h1-14,22H,15-17H2,(H,25,26). The highest BCUT2D eigenvalue weighted by Gasteiger charge is 2.21. The zero-order valence-corrected chi connectivity index (χ0v) is 16.5. The fourth-order valence-electron chi connectivity index (χ4n) is 2.93. The Labute approximate surface area is 170 Å². The monoisotopic (exact) mass is 395 g/mol. The predicted octanol–water partition coefficient (Wildman–Crippen LogP) is 5.52. The minimum atomic E-state index is -0.291. The van der Waals surface area contributed by atoms with Crippen molar-refractivity contribution in [2.24, 2.45) is 0 Å². The van der Waals surface area contributed by atoms with E-state index in [9.17, 15) is 4.79 Å². The van der Waals surface area contributed by atoms with Crippen molar-refractivity contribution in [3.8, 4) is 0 Å². The fourth-order valence-corrected chi connectivity index (χ4v) is 4.08. The molecule has 0 saturated carbocycles. The third kappa shape index (κ3) is 5.62. The van der Waals surface area contributed by atoms with E-state index in [1.807, 2.05) is 84.9 Å². The number of hydrogen-bond donors (Lipinski definition) is 1. The topological polar surface area (TPSA) is 29.1 Å². The molecule has 0 bridgehead atoms. The lowest BCUT2D eigenvalue weighted by molar-refractivity contribution is -0.121. The molecular weight excluding hydrogens is 374 g/mol. The zero-order chi connectivity index (χ0) is 18.9. The highest BCUT2D eigenvalue weighted by atomic mass is 35.5. The van der Waals surface area contributed by atoms with Gasteiger partial charge in [0.2, 0.25) is 5.91 Å². The second-order valence-electron chi connectivity index (χ2n) is 6.19. The Kier molecular flexibility index (Phi) is 7.37. The van der Waals surface area contributed by atoms with Gasteiger partial charge in [0, 0.05) is 23.1 Å². The summed E-state index contributed by atoms with van der Waals surface area (Å²) in [6.45, 7) is 0.629. The molecule has 3 rings (SSSR count). The van der Waals surface area contributed by atoms with Crippen LogP contribution < -0.4 is 5.32 Å². The molecular formula is C23H22ClNOS. The summed E-state index contributed by atoms with van der Waals surface area (Å²) in [5.74, 6) is 1.43. The van der Waals surface area contributed by atoms with E-state index in [1.54, 1.807) is 11.8 Å². The summed E-state index contributed by atoms with van der Waals surface area (Å²) in [6, 6.07) is 27.7. The van der Waals surface area contributed by atoms with Gasteiger partial charge in [-0.25, -0.2) is 0 Å². The molecule has 2 nitrogen and oxygen atoms in total. The predicted molar refractivity (Wildman–Crippen MR) is 115 cm³/mol. The van der Waals surface area contributed by atoms with Gasteiger partial charge >= 0.3 is 0 Å². The number of nitrogens with one attached hydrogen (secondary N) is 1. The van der Waals surface area contributed by atoms with Gasteiger partial charge < -0.3 is 5.32 Å². The molecule has 1 N–H and O–H groups in total. The van der Waals surface area contributed by atoms with Crippen LogP contribution in [-0.2, 0) is 10.5 Å². The molecule has 0 aliphatic rings. The molecule has 0 fully saturated rings. The summed E-state index contributed by atoms with van der Waals surface area (Å²) < 4.78 is 0. The van der Waals surface area contributed by atoms with Crippen molar-refractivity contribution in [1.29, 1.82) is 0 Å². The first-order valence-corrected chi connectivity index (χ1v) is 10.5. The summed E-state index contributed by atoms with van der Waals surface area (Å²) in [4.78, 5) is 12.9. The lowest BCUT2D eigenvalue weighted by Crippen LogP contribution is -2.31. The van der Waals surface area contributed by atoms with Crippen LogP contribution in [0.2, 0.25) is 5.02 Å². The first-order chi connectivity index (χ1) is 13.3. The second-order valence-corrected chi connectivity index (χ2v) is 7.70. The van der Waals surface area contributed by atoms with Crippen molar-refractivity contribution >= 4 is 29.3 Å². The number of halogens is 1. The first-order valence-electron chi connectivity index (χ1n) is 8.94. The number of rotatable bonds is 8. The van der Waals surface area contributed by atoms with E-state index in [0.717, 1.165) is 33.2 Å². The van der Waals surface area contributed by atoms with Gasteiger partial charge in [-0.2, -0.15) is 11.8 Å². The Morgan fingerprint density at radius 1 is 0.852 bits per heavy atom. The second kappa shape index (κ2) is 10.2. The van der Waals surface area contributed by atoms with Crippen LogP contribution >= 0.6 is 23.4 Å². The summed E-state index contributed by atoms with van der Waals surface area (Å²) in [7, 11) is 0. The Balaban J connectivity index is 1.56. The minimum Gasteiger partial charge on any atom is -0.354 e. The summed E-state index contributed by atoms with van der Waals surface area (Å²) in [5.41, 5.74) is 3.14. The van der Waals surface area contributed by atoms with Crippen LogP contribution in [0.3, 0.4) is 0 Å². The number of benzene rings is 3. The first kappa shape index (κ1) is 19.5. The van der Waals surface area contributed by atoms with E-state index >= 15 is 0 Å². The van der Waals surface area contributed by atoms with Gasteiger partial charge in [0.25, 0.3) is 0 Å². The number of carbonyl (C=O) groups is 1. The van der Waals surface area contributed by atoms with Crippen LogP contribution in [0.4, 0.5) is 0 Å². The molecule has 0 unspecified atom stereocenters. The molecule has 0 saturated heterocycles. The SMILES string of the molecule is O=C(NCCSCc1ccccc1Cl)C(c1ccccc1)c1ccccc1. The van der Waals surface area contributed by atoms with Gasteiger partial charge in [-0.3, -0.25) is 4.79 Å². The Morgan fingerprint density at radius 2 is 1.41 bits per heavy atom. The molecule has 0 heterocycles. The van der Waals surface area contributed by atoms with E-state index in [0.29, 0.717) is 6.54 Å². The van der Waals surface area contributed by atoms with Crippen molar-refractivity contribution < 1.29 is 4.79 Å². The number of carbonyl (C=O) groups excluding carboxylic acids is 1. The van der Waals surface area contributed by atoms with Crippen molar-refractivity contribution in [2.75, 3.05) is 12.3 Å². The molecule has 0 aromatic heterocycles. The van der Waals surface area contributed by atoms with Gasteiger partial charge in [-0.1, -0.05) is 90.5 Å². The van der Waals surface area contributed by atoms with Crippen LogP contribution in [0.25, 0.3) is 0 Å². The van der Waals surface area contributed by atoms with Gasteiger partial charge in [0.05, 0.1) is 5.92 Å². The number of hydrogen-bond acceptors (Lipinski definition) is 2. The summed E-state index contributed by atoms with van der Waals surface area (Å²) in [5, 5.41) is 3.88. The third-order valence-corrected chi connectivity index (χ3v) is 5.67. The Hall–Kier alpha value is -2.23. The van der Waals surface area contributed by atoms with E-state index in [2.05, 4.69) is 5.32 Å². The Bertz CT molecular complexity index is 815. The molecule has 1 amide bonds. The molecule has 0 radical (unpaired) electrons. The normalized spacial score (nSPS) is 10.7. The average Bonchev–Trinajstić information content (AvgIpc) is 2.71. The van der Waals surface area contributed by atoms with Gasteiger partial charge in [-0.05, 0) is 22.8 Å². The molecule has 3 aromatic rings. The van der Waals surface area contributed by atoms with Crippen molar-refractivity contribution in [3.05, 3.63) is 107 Å². The van der Waals surface area contributed by atoms with Crippen LogP contribution in [0.5, 0.6) is 0 Å². The van der Waals surface area contributed by atoms with Crippen molar-refractivity contribution in [3.63, 3.8) is 0 Å². The molecule has 3 aromatic carbocycles. The molecule has 0 atom stereocenters.